The molecule has 0 aromatic carbocycles. The number of carbonyl (C=O) groups is 2. The Morgan fingerprint density at radius 3 is 2.43 bits per heavy atom. The van der Waals surface area contributed by atoms with Crippen molar-refractivity contribution in [2.45, 2.75) is 40.2 Å². The average molecular weight is 298 g/mol. The van der Waals surface area contributed by atoms with Gasteiger partial charge >= 0.3 is 0 Å². The molecule has 6 nitrogen and oxygen atoms in total. The Labute approximate surface area is 128 Å². The topological polar surface area (TPSA) is 73.5 Å². The first kappa shape index (κ1) is 17.9. The summed E-state index contributed by atoms with van der Waals surface area (Å²) in [7, 11) is 0. The maximum Gasteiger partial charge on any atom is 0.242 e. The molecule has 1 heterocycles. The fourth-order valence-corrected chi connectivity index (χ4v) is 2.08. The smallest absolute Gasteiger partial charge is 0.242 e. The van der Waals surface area contributed by atoms with E-state index in [1.807, 2.05) is 20.8 Å². The highest BCUT2D eigenvalue weighted by molar-refractivity contribution is 5.89. The van der Waals surface area contributed by atoms with E-state index < -0.39 is 11.5 Å². The van der Waals surface area contributed by atoms with Gasteiger partial charge in [-0.15, -0.1) is 0 Å². The first-order valence-corrected chi connectivity index (χ1v) is 7.82. The minimum Gasteiger partial charge on any atom is -0.354 e. The summed E-state index contributed by atoms with van der Waals surface area (Å²) in [5, 5.41) is 8.94. The van der Waals surface area contributed by atoms with Crippen LogP contribution in [0.5, 0.6) is 0 Å². The van der Waals surface area contributed by atoms with E-state index in [4.69, 9.17) is 0 Å². The number of hydrogen-bond acceptors (Lipinski definition) is 4. The predicted molar refractivity (Wildman–Crippen MR) is 84.0 cm³/mol. The van der Waals surface area contributed by atoms with Crippen molar-refractivity contribution in [2.24, 2.45) is 5.41 Å². The molecule has 0 aromatic rings. The van der Waals surface area contributed by atoms with Crippen LogP contribution in [0.3, 0.4) is 0 Å². The zero-order valence-electron chi connectivity index (χ0n) is 13.8. The van der Waals surface area contributed by atoms with Gasteiger partial charge in [-0.3, -0.25) is 9.59 Å². The zero-order chi connectivity index (χ0) is 15.9. The van der Waals surface area contributed by atoms with Crippen LogP contribution in [0, 0.1) is 5.41 Å². The van der Waals surface area contributed by atoms with Gasteiger partial charge in [0.05, 0.1) is 0 Å². The normalized spacial score (nSPS) is 18.1. The highest BCUT2D eigenvalue weighted by Crippen LogP contribution is 2.12. The molecule has 3 N–H and O–H groups in total. The van der Waals surface area contributed by atoms with Crippen molar-refractivity contribution in [3.8, 4) is 0 Å². The molecule has 6 heteroatoms. The molecule has 1 unspecified atom stereocenters. The van der Waals surface area contributed by atoms with Gasteiger partial charge in [-0.25, -0.2) is 0 Å². The Morgan fingerprint density at radius 2 is 1.86 bits per heavy atom. The maximum atomic E-state index is 11.9. The number of carbonyl (C=O) groups excluding carboxylic acids is 2. The van der Waals surface area contributed by atoms with E-state index >= 15 is 0 Å². The molecule has 21 heavy (non-hydrogen) atoms. The van der Waals surface area contributed by atoms with Gasteiger partial charge in [0.25, 0.3) is 0 Å². The number of nitrogens with one attached hydrogen (secondary N) is 3. The molecule has 0 bridgehead atoms. The van der Waals surface area contributed by atoms with Crippen LogP contribution in [-0.2, 0) is 9.59 Å². The Bertz CT molecular complexity index is 346. The Balaban J connectivity index is 2.16. The summed E-state index contributed by atoms with van der Waals surface area (Å²) >= 11 is 0. The number of hydrogen-bond donors (Lipinski definition) is 3. The second-order valence-electron chi connectivity index (χ2n) is 6.68. The van der Waals surface area contributed by atoms with Crippen molar-refractivity contribution in [2.75, 3.05) is 39.3 Å². The number of rotatable bonds is 6. The van der Waals surface area contributed by atoms with Crippen LogP contribution in [0.2, 0.25) is 0 Å². The van der Waals surface area contributed by atoms with Gasteiger partial charge in [0.2, 0.25) is 11.8 Å². The summed E-state index contributed by atoms with van der Waals surface area (Å²) in [5.74, 6) is -0.223. The molecule has 0 aromatic heterocycles. The van der Waals surface area contributed by atoms with E-state index in [0.29, 0.717) is 6.54 Å². The van der Waals surface area contributed by atoms with Crippen molar-refractivity contribution in [3.05, 3.63) is 0 Å². The van der Waals surface area contributed by atoms with Crippen LogP contribution in [0.1, 0.15) is 34.1 Å². The van der Waals surface area contributed by atoms with Crippen LogP contribution in [0.4, 0.5) is 0 Å². The fraction of sp³-hybridized carbons (Fsp3) is 0.867. The average Bonchev–Trinajstić information content (AvgIpc) is 2.43. The lowest BCUT2D eigenvalue weighted by Gasteiger charge is -2.27. The molecule has 2 amide bonds. The van der Waals surface area contributed by atoms with Crippen molar-refractivity contribution in [3.63, 3.8) is 0 Å². The number of piperazine rings is 1. The molecule has 1 aliphatic heterocycles. The minimum atomic E-state index is -0.490. The zero-order valence-corrected chi connectivity index (χ0v) is 13.8. The maximum absolute atomic E-state index is 11.9. The molecule has 1 aliphatic rings. The second-order valence-corrected chi connectivity index (χ2v) is 6.68. The van der Waals surface area contributed by atoms with Gasteiger partial charge < -0.3 is 20.9 Å². The molecular weight excluding hydrogens is 268 g/mol. The Kier molecular flexibility index (Phi) is 7.11. The molecule has 1 rings (SSSR count). The van der Waals surface area contributed by atoms with Gasteiger partial charge in [-0.1, -0.05) is 20.8 Å². The van der Waals surface area contributed by atoms with E-state index in [2.05, 4.69) is 20.9 Å². The highest BCUT2D eigenvalue weighted by Gasteiger charge is 2.24. The quantitative estimate of drug-likeness (QED) is 0.601. The number of amides is 2. The Hall–Kier alpha value is -1.14. The standard InChI is InChI=1S/C15H30N4O2/c1-12(18-14(21)15(2,3)4)13(20)17-6-5-9-19-10-7-16-8-11-19/h12,16H,5-11H2,1-4H3,(H,17,20)(H,18,21). The summed E-state index contributed by atoms with van der Waals surface area (Å²) in [5.41, 5.74) is -0.475. The molecular formula is C15H30N4O2. The fourth-order valence-electron chi connectivity index (χ4n) is 2.08. The van der Waals surface area contributed by atoms with Gasteiger partial charge in [-0.05, 0) is 19.9 Å². The summed E-state index contributed by atoms with van der Waals surface area (Å²) < 4.78 is 0. The third-order valence-electron chi connectivity index (χ3n) is 3.58. The molecule has 1 fully saturated rings. The van der Waals surface area contributed by atoms with Gasteiger partial charge in [0, 0.05) is 38.1 Å². The summed E-state index contributed by atoms with van der Waals surface area (Å²) in [6, 6.07) is -0.490. The number of nitrogens with zero attached hydrogens (tertiary/aromatic N) is 1. The molecule has 122 valence electrons. The van der Waals surface area contributed by atoms with Crippen molar-refractivity contribution < 1.29 is 9.59 Å². The molecule has 0 spiro atoms. The van der Waals surface area contributed by atoms with E-state index in [0.717, 1.165) is 39.1 Å². The van der Waals surface area contributed by atoms with E-state index in [9.17, 15) is 9.59 Å². The van der Waals surface area contributed by atoms with Crippen molar-refractivity contribution in [1.82, 2.24) is 20.9 Å². The van der Waals surface area contributed by atoms with Crippen molar-refractivity contribution in [1.29, 1.82) is 0 Å². The lowest BCUT2D eigenvalue weighted by Crippen LogP contribution is -2.48. The van der Waals surface area contributed by atoms with E-state index in [-0.39, 0.29) is 11.8 Å². The van der Waals surface area contributed by atoms with Gasteiger partial charge in [-0.2, -0.15) is 0 Å². The Morgan fingerprint density at radius 1 is 1.24 bits per heavy atom. The summed E-state index contributed by atoms with van der Waals surface area (Å²) in [6.45, 7) is 13.1. The molecule has 0 radical (unpaired) electrons. The monoisotopic (exact) mass is 298 g/mol. The van der Waals surface area contributed by atoms with Gasteiger partial charge in [0.1, 0.15) is 6.04 Å². The second kappa shape index (κ2) is 8.34. The molecule has 1 atom stereocenters. The van der Waals surface area contributed by atoms with Crippen LogP contribution < -0.4 is 16.0 Å². The van der Waals surface area contributed by atoms with Gasteiger partial charge in [0.15, 0.2) is 0 Å². The van der Waals surface area contributed by atoms with E-state index in [1.165, 1.54) is 0 Å². The first-order valence-electron chi connectivity index (χ1n) is 7.82. The lowest BCUT2D eigenvalue weighted by molar-refractivity contribution is -0.133. The molecule has 0 aliphatic carbocycles. The van der Waals surface area contributed by atoms with Crippen LogP contribution in [-0.4, -0.2) is 62.0 Å². The lowest BCUT2D eigenvalue weighted by atomic mass is 9.95. The first-order chi connectivity index (χ1) is 9.80. The predicted octanol–water partition coefficient (Wildman–Crippen LogP) is -0.0513. The summed E-state index contributed by atoms with van der Waals surface area (Å²) in [4.78, 5) is 26.1. The third-order valence-corrected chi connectivity index (χ3v) is 3.58. The van der Waals surface area contributed by atoms with E-state index in [1.54, 1.807) is 6.92 Å². The van der Waals surface area contributed by atoms with Crippen molar-refractivity contribution >= 4 is 11.8 Å². The largest absolute Gasteiger partial charge is 0.354 e. The van der Waals surface area contributed by atoms with Crippen LogP contribution in [0.15, 0.2) is 0 Å². The summed E-state index contributed by atoms with van der Waals surface area (Å²) in [6.07, 6.45) is 0.936. The SMILES string of the molecule is CC(NC(=O)C(C)(C)C)C(=O)NCCCN1CCNCC1. The van der Waals surface area contributed by atoms with Crippen LogP contribution in [0.25, 0.3) is 0 Å². The minimum absolute atomic E-state index is 0.106. The highest BCUT2D eigenvalue weighted by atomic mass is 16.2. The molecule has 1 saturated heterocycles. The molecule has 0 saturated carbocycles. The van der Waals surface area contributed by atoms with Crippen LogP contribution >= 0.6 is 0 Å². The third kappa shape index (κ3) is 6.91.